The molecular weight excluding hydrogens is 382 g/mol. The van der Waals surface area contributed by atoms with Crippen LogP contribution in [0.2, 0.25) is 5.02 Å². The number of halogens is 1. The molecule has 0 aliphatic carbocycles. The second kappa shape index (κ2) is 7.87. The quantitative estimate of drug-likeness (QED) is 0.631. The first-order chi connectivity index (χ1) is 12.9. The molecule has 1 heterocycles. The normalized spacial score (nSPS) is 18.3. The van der Waals surface area contributed by atoms with E-state index in [9.17, 15) is 14.9 Å². The number of benzene rings is 2. The fourth-order valence-corrected chi connectivity index (χ4v) is 4.41. The van der Waals surface area contributed by atoms with Gasteiger partial charge >= 0.3 is 0 Å². The Bertz CT molecular complexity index is 997. The number of carbonyl (C=O) groups excluding carboxylic acids is 2. The smallest absolute Gasteiger partial charge is 0.262 e. The lowest BCUT2D eigenvalue weighted by Crippen LogP contribution is -2.31. The van der Waals surface area contributed by atoms with Gasteiger partial charge in [-0.15, -0.1) is 0 Å². The SMILES string of the molecule is Cc1ccccc1N1C(=O)C(Cc2ccccc2Cl)S/C1=C(\C#N)C(N)=O. The zero-order valence-corrected chi connectivity index (χ0v) is 16.1. The van der Waals surface area contributed by atoms with Crippen molar-refractivity contribution in [3.05, 3.63) is 75.3 Å². The Balaban J connectivity index is 2.08. The molecule has 2 aromatic rings. The Morgan fingerprint density at radius 3 is 2.56 bits per heavy atom. The molecule has 3 rings (SSSR count). The van der Waals surface area contributed by atoms with Crippen molar-refractivity contribution in [1.82, 2.24) is 0 Å². The summed E-state index contributed by atoms with van der Waals surface area (Å²) >= 11 is 7.40. The maximum absolute atomic E-state index is 13.2. The summed E-state index contributed by atoms with van der Waals surface area (Å²) < 4.78 is 0. The number of hydrogen-bond donors (Lipinski definition) is 1. The van der Waals surface area contributed by atoms with Gasteiger partial charge in [0.05, 0.1) is 10.9 Å². The molecule has 1 atom stereocenters. The zero-order valence-electron chi connectivity index (χ0n) is 14.5. The third-order valence-electron chi connectivity index (χ3n) is 4.24. The van der Waals surface area contributed by atoms with E-state index in [4.69, 9.17) is 17.3 Å². The number of nitrogens with two attached hydrogens (primary N) is 1. The average molecular weight is 398 g/mol. The van der Waals surface area contributed by atoms with Crippen molar-refractivity contribution < 1.29 is 9.59 Å². The summed E-state index contributed by atoms with van der Waals surface area (Å²) in [5.74, 6) is -1.07. The van der Waals surface area contributed by atoms with Crippen LogP contribution in [-0.4, -0.2) is 17.1 Å². The monoisotopic (exact) mass is 397 g/mol. The summed E-state index contributed by atoms with van der Waals surface area (Å²) in [5.41, 5.74) is 7.46. The van der Waals surface area contributed by atoms with Crippen LogP contribution in [0, 0.1) is 18.3 Å². The first-order valence-electron chi connectivity index (χ1n) is 8.18. The molecular formula is C20H16ClN3O2S. The van der Waals surface area contributed by atoms with Gasteiger partial charge in [-0.1, -0.05) is 59.8 Å². The standard InChI is InChI=1S/C20H16ClN3O2S/c1-12-6-2-5-9-16(12)24-19(26)17(10-13-7-3-4-8-15(13)21)27-20(24)14(11-22)18(23)25/h2-9,17H,10H2,1H3,(H2,23,25)/b20-14+. The van der Waals surface area contributed by atoms with E-state index in [1.807, 2.05) is 43.3 Å². The summed E-state index contributed by atoms with van der Waals surface area (Å²) in [4.78, 5) is 26.4. The number of aryl methyl sites for hydroxylation is 1. The Labute approximate surface area is 166 Å². The zero-order chi connectivity index (χ0) is 19.6. The van der Waals surface area contributed by atoms with Crippen LogP contribution in [0.5, 0.6) is 0 Å². The second-order valence-corrected chi connectivity index (χ2v) is 7.62. The van der Waals surface area contributed by atoms with Gasteiger partial charge in [0.15, 0.2) is 0 Å². The highest BCUT2D eigenvalue weighted by Crippen LogP contribution is 2.43. The van der Waals surface area contributed by atoms with E-state index in [0.29, 0.717) is 17.1 Å². The van der Waals surface area contributed by atoms with Crippen LogP contribution >= 0.6 is 23.4 Å². The van der Waals surface area contributed by atoms with Gasteiger partial charge in [0, 0.05) is 5.02 Å². The Morgan fingerprint density at radius 2 is 1.93 bits per heavy atom. The van der Waals surface area contributed by atoms with Crippen LogP contribution < -0.4 is 10.6 Å². The van der Waals surface area contributed by atoms with E-state index >= 15 is 0 Å². The van der Waals surface area contributed by atoms with E-state index < -0.39 is 11.2 Å². The molecule has 7 heteroatoms. The van der Waals surface area contributed by atoms with Crippen LogP contribution in [-0.2, 0) is 16.0 Å². The predicted octanol–water partition coefficient (Wildman–Crippen LogP) is 3.56. The van der Waals surface area contributed by atoms with Gasteiger partial charge in [-0.2, -0.15) is 5.26 Å². The minimum atomic E-state index is -0.857. The van der Waals surface area contributed by atoms with Crippen LogP contribution in [0.15, 0.2) is 59.1 Å². The molecule has 5 nitrogen and oxygen atoms in total. The number of hydrogen-bond acceptors (Lipinski definition) is 4. The number of carbonyl (C=O) groups is 2. The summed E-state index contributed by atoms with van der Waals surface area (Å²) in [6.07, 6.45) is 0.381. The molecule has 1 aliphatic heterocycles. The molecule has 0 bridgehead atoms. The highest BCUT2D eigenvalue weighted by atomic mass is 35.5. The van der Waals surface area contributed by atoms with Crippen LogP contribution in [0.4, 0.5) is 5.69 Å². The number of anilines is 1. The minimum absolute atomic E-state index is 0.210. The molecule has 0 radical (unpaired) electrons. The first-order valence-corrected chi connectivity index (χ1v) is 9.43. The number of nitriles is 1. The molecule has 0 spiro atoms. The molecule has 2 N–H and O–H groups in total. The van der Waals surface area contributed by atoms with E-state index in [-0.39, 0.29) is 16.5 Å². The second-order valence-electron chi connectivity index (χ2n) is 6.02. The van der Waals surface area contributed by atoms with Gasteiger partial charge in [0.1, 0.15) is 16.7 Å². The van der Waals surface area contributed by atoms with Crippen molar-refractivity contribution in [2.45, 2.75) is 18.6 Å². The number of para-hydroxylation sites is 1. The van der Waals surface area contributed by atoms with Gasteiger partial charge < -0.3 is 5.73 Å². The van der Waals surface area contributed by atoms with E-state index in [2.05, 4.69) is 0 Å². The topological polar surface area (TPSA) is 87.2 Å². The Kier molecular flexibility index (Phi) is 5.54. The van der Waals surface area contributed by atoms with Crippen LogP contribution in [0.25, 0.3) is 0 Å². The summed E-state index contributed by atoms with van der Waals surface area (Å²) in [6.45, 7) is 1.86. The lowest BCUT2D eigenvalue weighted by Gasteiger charge is -2.20. The van der Waals surface area contributed by atoms with E-state index in [0.717, 1.165) is 11.1 Å². The maximum Gasteiger partial charge on any atom is 0.262 e. The van der Waals surface area contributed by atoms with Crippen molar-refractivity contribution in [3.8, 4) is 6.07 Å². The largest absolute Gasteiger partial charge is 0.365 e. The van der Waals surface area contributed by atoms with Gasteiger partial charge in [0.2, 0.25) is 5.91 Å². The van der Waals surface area contributed by atoms with Gasteiger partial charge in [-0.05, 0) is 36.6 Å². The molecule has 2 aromatic carbocycles. The lowest BCUT2D eigenvalue weighted by molar-refractivity contribution is -0.117. The van der Waals surface area contributed by atoms with E-state index in [1.54, 1.807) is 18.2 Å². The van der Waals surface area contributed by atoms with Gasteiger partial charge in [0.25, 0.3) is 5.91 Å². The third kappa shape index (κ3) is 3.70. The third-order valence-corrected chi connectivity index (χ3v) is 5.88. The average Bonchev–Trinajstić information content (AvgIpc) is 2.94. The molecule has 1 fully saturated rings. The van der Waals surface area contributed by atoms with Crippen molar-refractivity contribution in [1.29, 1.82) is 5.26 Å². The van der Waals surface area contributed by atoms with Gasteiger partial charge in [-0.3, -0.25) is 14.5 Å². The van der Waals surface area contributed by atoms with Crippen molar-refractivity contribution in [2.24, 2.45) is 5.73 Å². The lowest BCUT2D eigenvalue weighted by atomic mass is 10.1. The van der Waals surface area contributed by atoms with Crippen molar-refractivity contribution in [3.63, 3.8) is 0 Å². The number of thioether (sulfide) groups is 1. The molecule has 1 saturated heterocycles. The highest BCUT2D eigenvalue weighted by molar-refractivity contribution is 8.05. The fraction of sp³-hybridized carbons (Fsp3) is 0.150. The molecule has 136 valence electrons. The highest BCUT2D eigenvalue weighted by Gasteiger charge is 2.41. The summed E-state index contributed by atoms with van der Waals surface area (Å²) in [6, 6.07) is 16.4. The predicted molar refractivity (Wildman–Crippen MR) is 107 cm³/mol. The summed E-state index contributed by atoms with van der Waals surface area (Å²) in [7, 11) is 0. The maximum atomic E-state index is 13.2. The van der Waals surface area contributed by atoms with E-state index in [1.165, 1.54) is 16.7 Å². The first kappa shape index (κ1) is 19.0. The Morgan fingerprint density at radius 1 is 1.26 bits per heavy atom. The van der Waals surface area contributed by atoms with Crippen LogP contribution in [0.1, 0.15) is 11.1 Å². The molecule has 0 saturated carbocycles. The molecule has 2 amide bonds. The van der Waals surface area contributed by atoms with Gasteiger partial charge in [-0.25, -0.2) is 0 Å². The number of amides is 2. The molecule has 0 aromatic heterocycles. The van der Waals surface area contributed by atoms with Crippen LogP contribution in [0.3, 0.4) is 0 Å². The van der Waals surface area contributed by atoms with Crippen molar-refractivity contribution >= 4 is 40.9 Å². The summed E-state index contributed by atoms with van der Waals surface area (Å²) in [5, 5.41) is 9.74. The molecule has 27 heavy (non-hydrogen) atoms. The number of nitrogens with zero attached hydrogens (tertiary/aromatic N) is 2. The van der Waals surface area contributed by atoms with Crippen molar-refractivity contribution in [2.75, 3.05) is 4.90 Å². The minimum Gasteiger partial charge on any atom is -0.365 e. The number of rotatable bonds is 4. The molecule has 1 aliphatic rings. The number of primary amides is 1. The Hall–Kier alpha value is -2.75. The molecule has 1 unspecified atom stereocenters. The fourth-order valence-electron chi connectivity index (χ4n) is 2.90.